The number of carboxylic acids is 1. The SMILES string of the molecule is CCCN(CC(=O)O)c1nn2c(C)nnc2c2ccccc12. The number of rotatable bonds is 5. The molecule has 0 spiro atoms. The highest BCUT2D eigenvalue weighted by atomic mass is 16.4. The van der Waals surface area contributed by atoms with Gasteiger partial charge in [-0.2, -0.15) is 4.52 Å². The van der Waals surface area contributed by atoms with E-state index in [0.717, 1.165) is 17.2 Å². The molecule has 0 radical (unpaired) electrons. The van der Waals surface area contributed by atoms with Gasteiger partial charge in [0.25, 0.3) is 0 Å². The minimum absolute atomic E-state index is 0.0858. The molecule has 0 fully saturated rings. The summed E-state index contributed by atoms with van der Waals surface area (Å²) in [7, 11) is 0. The average Bonchev–Trinajstić information content (AvgIpc) is 2.87. The molecule has 22 heavy (non-hydrogen) atoms. The number of hydrogen-bond donors (Lipinski definition) is 1. The molecule has 3 aromatic rings. The fourth-order valence-corrected chi connectivity index (χ4v) is 2.59. The lowest BCUT2D eigenvalue weighted by Gasteiger charge is -2.22. The van der Waals surface area contributed by atoms with Crippen LogP contribution in [0.1, 0.15) is 19.2 Å². The highest BCUT2D eigenvalue weighted by Gasteiger charge is 2.18. The summed E-state index contributed by atoms with van der Waals surface area (Å²) in [4.78, 5) is 13.0. The Balaban J connectivity index is 2.29. The van der Waals surface area contributed by atoms with Gasteiger partial charge in [0, 0.05) is 17.3 Å². The molecule has 0 unspecified atom stereocenters. The monoisotopic (exact) mass is 299 g/mol. The van der Waals surface area contributed by atoms with Crippen molar-refractivity contribution in [2.45, 2.75) is 20.3 Å². The van der Waals surface area contributed by atoms with Crippen molar-refractivity contribution in [1.82, 2.24) is 19.8 Å². The van der Waals surface area contributed by atoms with Crippen LogP contribution in [-0.2, 0) is 4.79 Å². The van der Waals surface area contributed by atoms with Crippen LogP contribution in [0.2, 0.25) is 0 Å². The largest absolute Gasteiger partial charge is 0.480 e. The van der Waals surface area contributed by atoms with Crippen LogP contribution >= 0.6 is 0 Å². The van der Waals surface area contributed by atoms with Crippen molar-refractivity contribution in [3.05, 3.63) is 30.1 Å². The van der Waals surface area contributed by atoms with Crippen molar-refractivity contribution in [3.8, 4) is 0 Å². The molecule has 3 rings (SSSR count). The number of aryl methyl sites for hydroxylation is 1. The summed E-state index contributed by atoms with van der Waals surface area (Å²) in [5.74, 6) is 0.448. The van der Waals surface area contributed by atoms with Crippen LogP contribution in [-0.4, -0.2) is 44.0 Å². The molecule has 0 aliphatic carbocycles. The summed E-state index contributed by atoms with van der Waals surface area (Å²) in [5, 5.41) is 23.8. The van der Waals surface area contributed by atoms with E-state index in [1.807, 2.05) is 38.1 Å². The summed E-state index contributed by atoms with van der Waals surface area (Å²) in [6.45, 7) is 4.37. The van der Waals surface area contributed by atoms with Crippen LogP contribution in [0.15, 0.2) is 24.3 Å². The quantitative estimate of drug-likeness (QED) is 0.774. The van der Waals surface area contributed by atoms with Gasteiger partial charge in [-0.25, -0.2) is 0 Å². The van der Waals surface area contributed by atoms with Gasteiger partial charge >= 0.3 is 5.97 Å². The van der Waals surface area contributed by atoms with Crippen LogP contribution < -0.4 is 4.90 Å². The van der Waals surface area contributed by atoms with E-state index in [9.17, 15) is 9.90 Å². The Morgan fingerprint density at radius 3 is 2.68 bits per heavy atom. The van der Waals surface area contributed by atoms with Crippen molar-refractivity contribution in [2.75, 3.05) is 18.0 Å². The standard InChI is InChI=1S/C15H17N5O2/c1-3-8-19(9-13(21)22)15-12-7-5-4-6-11(12)14-17-16-10(2)20(14)18-15/h4-7H,3,8-9H2,1-2H3,(H,21,22). The molecule has 0 amide bonds. The highest BCUT2D eigenvalue weighted by molar-refractivity contribution is 6.00. The smallest absolute Gasteiger partial charge is 0.323 e. The predicted molar refractivity (Wildman–Crippen MR) is 83.2 cm³/mol. The summed E-state index contributed by atoms with van der Waals surface area (Å²) in [6, 6.07) is 7.73. The van der Waals surface area contributed by atoms with Gasteiger partial charge in [0.15, 0.2) is 17.3 Å². The molecule has 2 heterocycles. The summed E-state index contributed by atoms with van der Waals surface area (Å²) in [5.41, 5.74) is 0.684. The number of aliphatic carboxylic acids is 1. The van der Waals surface area contributed by atoms with E-state index in [4.69, 9.17) is 0 Å². The first-order valence-electron chi connectivity index (χ1n) is 7.19. The lowest BCUT2D eigenvalue weighted by molar-refractivity contribution is -0.135. The maximum Gasteiger partial charge on any atom is 0.323 e. The Morgan fingerprint density at radius 2 is 2.00 bits per heavy atom. The van der Waals surface area contributed by atoms with Crippen molar-refractivity contribution in [2.24, 2.45) is 0 Å². The second-order valence-corrected chi connectivity index (χ2v) is 5.17. The maximum absolute atomic E-state index is 11.2. The normalized spacial score (nSPS) is 11.2. The van der Waals surface area contributed by atoms with Gasteiger partial charge in [-0.15, -0.1) is 15.3 Å². The minimum atomic E-state index is -0.875. The van der Waals surface area contributed by atoms with Crippen LogP contribution in [0.3, 0.4) is 0 Å². The number of hydrogen-bond acceptors (Lipinski definition) is 5. The third kappa shape index (κ3) is 2.34. The highest BCUT2D eigenvalue weighted by Crippen LogP contribution is 2.27. The average molecular weight is 299 g/mol. The number of benzene rings is 1. The maximum atomic E-state index is 11.2. The first-order chi connectivity index (χ1) is 10.6. The Morgan fingerprint density at radius 1 is 1.27 bits per heavy atom. The number of carboxylic acid groups (broad SMARTS) is 1. The third-order valence-corrected chi connectivity index (χ3v) is 3.52. The zero-order valence-electron chi connectivity index (χ0n) is 12.5. The molecule has 7 nitrogen and oxygen atoms in total. The predicted octanol–water partition coefficient (Wildman–Crippen LogP) is 1.89. The van der Waals surface area contributed by atoms with E-state index < -0.39 is 5.97 Å². The lowest BCUT2D eigenvalue weighted by atomic mass is 10.1. The molecule has 1 N–H and O–H groups in total. The van der Waals surface area contributed by atoms with E-state index in [1.165, 1.54) is 0 Å². The zero-order chi connectivity index (χ0) is 15.7. The summed E-state index contributed by atoms with van der Waals surface area (Å²) in [6.07, 6.45) is 0.836. The zero-order valence-corrected chi connectivity index (χ0v) is 12.5. The van der Waals surface area contributed by atoms with Crippen LogP contribution in [0.5, 0.6) is 0 Å². The van der Waals surface area contributed by atoms with E-state index in [0.29, 0.717) is 23.8 Å². The third-order valence-electron chi connectivity index (χ3n) is 3.52. The molecule has 0 atom stereocenters. The van der Waals surface area contributed by atoms with E-state index in [1.54, 1.807) is 9.42 Å². The van der Waals surface area contributed by atoms with Gasteiger partial charge in [-0.3, -0.25) is 4.79 Å². The molecule has 7 heteroatoms. The van der Waals surface area contributed by atoms with Gasteiger partial charge in [0.1, 0.15) is 6.54 Å². The summed E-state index contributed by atoms with van der Waals surface area (Å²) >= 11 is 0. The molecule has 0 aliphatic heterocycles. The fraction of sp³-hybridized carbons (Fsp3) is 0.333. The molecule has 0 bridgehead atoms. The van der Waals surface area contributed by atoms with Crippen LogP contribution in [0.4, 0.5) is 5.82 Å². The minimum Gasteiger partial charge on any atom is -0.480 e. The number of anilines is 1. The number of nitrogens with zero attached hydrogens (tertiary/aromatic N) is 5. The number of aromatic nitrogens is 4. The molecule has 0 saturated carbocycles. The van der Waals surface area contributed by atoms with Crippen molar-refractivity contribution in [1.29, 1.82) is 0 Å². The first kappa shape index (κ1) is 14.2. The molecule has 0 saturated heterocycles. The Kier molecular flexibility index (Phi) is 3.62. The van der Waals surface area contributed by atoms with E-state index in [-0.39, 0.29) is 6.54 Å². The Bertz CT molecular complexity index is 842. The molecule has 2 aromatic heterocycles. The lowest BCUT2D eigenvalue weighted by Crippen LogP contribution is -2.31. The number of carbonyl (C=O) groups is 1. The Hall–Kier alpha value is -2.70. The van der Waals surface area contributed by atoms with Crippen molar-refractivity contribution in [3.63, 3.8) is 0 Å². The molecular formula is C15H17N5O2. The van der Waals surface area contributed by atoms with Gasteiger partial charge < -0.3 is 10.0 Å². The van der Waals surface area contributed by atoms with Gasteiger partial charge in [0.2, 0.25) is 0 Å². The van der Waals surface area contributed by atoms with E-state index >= 15 is 0 Å². The van der Waals surface area contributed by atoms with Crippen LogP contribution in [0.25, 0.3) is 16.4 Å². The Labute approximate surface area is 127 Å². The van der Waals surface area contributed by atoms with Gasteiger partial charge in [-0.05, 0) is 13.3 Å². The second kappa shape index (κ2) is 5.59. The van der Waals surface area contributed by atoms with E-state index in [2.05, 4.69) is 15.3 Å². The molecule has 1 aromatic carbocycles. The van der Waals surface area contributed by atoms with Gasteiger partial charge in [-0.1, -0.05) is 31.2 Å². The topological polar surface area (TPSA) is 83.6 Å². The molecule has 0 aliphatic rings. The van der Waals surface area contributed by atoms with Crippen LogP contribution in [0, 0.1) is 6.92 Å². The summed E-state index contributed by atoms with van der Waals surface area (Å²) < 4.78 is 1.67. The molecular weight excluding hydrogens is 282 g/mol. The second-order valence-electron chi connectivity index (χ2n) is 5.17. The molecule has 114 valence electrons. The van der Waals surface area contributed by atoms with Gasteiger partial charge in [0.05, 0.1) is 0 Å². The first-order valence-corrected chi connectivity index (χ1v) is 7.19. The van der Waals surface area contributed by atoms with Crippen molar-refractivity contribution < 1.29 is 9.90 Å². The fourth-order valence-electron chi connectivity index (χ4n) is 2.59. The number of fused-ring (bicyclic) bond motifs is 3. The van der Waals surface area contributed by atoms with Crippen molar-refractivity contribution >= 4 is 28.2 Å².